The summed E-state index contributed by atoms with van der Waals surface area (Å²) in [5.41, 5.74) is 1.51. The van der Waals surface area contributed by atoms with Crippen LogP contribution in [0.15, 0.2) is 41.4 Å². The Bertz CT molecular complexity index is 853. The number of rotatable bonds is 7. The predicted molar refractivity (Wildman–Crippen MR) is 119 cm³/mol. The van der Waals surface area contributed by atoms with E-state index in [2.05, 4.69) is 15.6 Å². The van der Waals surface area contributed by atoms with E-state index >= 15 is 0 Å². The van der Waals surface area contributed by atoms with Gasteiger partial charge in [-0.25, -0.2) is 9.38 Å². The number of hydrogen-bond donors (Lipinski definition) is 2. The van der Waals surface area contributed by atoms with Gasteiger partial charge in [0.1, 0.15) is 5.82 Å². The molecule has 0 amide bonds. The predicted octanol–water partition coefficient (Wildman–Crippen LogP) is 4.30. The summed E-state index contributed by atoms with van der Waals surface area (Å²) in [7, 11) is 1.58. The first kappa shape index (κ1) is 23.5. The van der Waals surface area contributed by atoms with E-state index in [4.69, 9.17) is 14.7 Å². The number of methoxy groups -OCH3 is 1. The highest BCUT2D eigenvalue weighted by Gasteiger charge is 2.08. The second-order valence-electron chi connectivity index (χ2n) is 5.54. The van der Waals surface area contributed by atoms with Gasteiger partial charge in [-0.3, -0.25) is 0 Å². The summed E-state index contributed by atoms with van der Waals surface area (Å²) in [5.74, 6) is 1.36. The van der Waals surface area contributed by atoms with Crippen molar-refractivity contribution >= 4 is 35.6 Å². The summed E-state index contributed by atoms with van der Waals surface area (Å²) >= 11 is 0. The zero-order chi connectivity index (χ0) is 19.6. The van der Waals surface area contributed by atoms with Gasteiger partial charge in [-0.1, -0.05) is 0 Å². The van der Waals surface area contributed by atoms with Gasteiger partial charge >= 0.3 is 0 Å². The molecule has 2 N–H and O–H groups in total. The average molecular weight is 498 g/mol. The molecule has 6 nitrogen and oxygen atoms in total. The van der Waals surface area contributed by atoms with Gasteiger partial charge in [0, 0.05) is 23.9 Å². The molecule has 0 aliphatic rings. The lowest BCUT2D eigenvalue weighted by Gasteiger charge is -2.14. The van der Waals surface area contributed by atoms with Crippen LogP contribution in [0.4, 0.5) is 10.1 Å². The van der Waals surface area contributed by atoms with Crippen LogP contribution in [0.25, 0.3) is 0 Å². The maximum absolute atomic E-state index is 13.9. The van der Waals surface area contributed by atoms with Crippen molar-refractivity contribution in [2.75, 3.05) is 25.6 Å². The highest BCUT2D eigenvalue weighted by molar-refractivity contribution is 14.0. The first-order valence-corrected chi connectivity index (χ1v) is 8.65. The molecular formula is C20H24FIN4O2. The number of hydrogen-bond acceptors (Lipinski definition) is 4. The molecule has 0 radical (unpaired) electrons. The van der Waals surface area contributed by atoms with E-state index in [0.717, 1.165) is 5.69 Å². The van der Waals surface area contributed by atoms with E-state index in [9.17, 15) is 4.39 Å². The molecule has 0 heterocycles. The Kier molecular flexibility index (Phi) is 10.1. The minimum absolute atomic E-state index is 0. The van der Waals surface area contributed by atoms with E-state index in [-0.39, 0.29) is 30.5 Å². The largest absolute Gasteiger partial charge is 0.493 e. The Morgan fingerprint density at radius 1 is 1.18 bits per heavy atom. The van der Waals surface area contributed by atoms with Gasteiger partial charge in [0.05, 0.1) is 31.9 Å². The summed E-state index contributed by atoms with van der Waals surface area (Å²) in [5, 5.41) is 15.2. The lowest BCUT2D eigenvalue weighted by Crippen LogP contribution is -2.30. The lowest BCUT2D eigenvalue weighted by molar-refractivity contribution is 0.311. The van der Waals surface area contributed by atoms with E-state index in [0.29, 0.717) is 41.7 Å². The highest BCUT2D eigenvalue weighted by Crippen LogP contribution is 2.30. The van der Waals surface area contributed by atoms with Crippen molar-refractivity contribution < 1.29 is 13.9 Å². The SMILES string of the molecule is CCNC(=NCc1cc(C#N)ccc1F)Nc1ccc(OC)c(OCC)c1.I. The number of nitriles is 1. The molecule has 0 atom stereocenters. The molecule has 0 aliphatic heterocycles. The quantitative estimate of drug-likeness (QED) is 0.338. The van der Waals surface area contributed by atoms with E-state index in [1.807, 2.05) is 32.0 Å². The van der Waals surface area contributed by atoms with Crippen molar-refractivity contribution in [3.05, 3.63) is 53.3 Å². The third-order valence-corrected chi connectivity index (χ3v) is 3.65. The Balaban J connectivity index is 0.00000392. The number of ether oxygens (including phenoxy) is 2. The van der Waals surface area contributed by atoms with Crippen LogP contribution in [0.2, 0.25) is 0 Å². The van der Waals surface area contributed by atoms with Crippen LogP contribution in [0.5, 0.6) is 11.5 Å². The van der Waals surface area contributed by atoms with Crippen molar-refractivity contribution in [1.29, 1.82) is 5.26 Å². The summed E-state index contributed by atoms with van der Waals surface area (Å²) in [6, 6.07) is 11.7. The lowest BCUT2D eigenvalue weighted by atomic mass is 10.1. The molecule has 0 saturated heterocycles. The molecule has 0 aromatic heterocycles. The van der Waals surface area contributed by atoms with E-state index in [1.54, 1.807) is 13.2 Å². The Hall–Kier alpha value is -2.54. The molecule has 150 valence electrons. The second kappa shape index (κ2) is 12.0. The number of halogens is 2. The van der Waals surface area contributed by atoms with Crippen molar-refractivity contribution in [1.82, 2.24) is 5.32 Å². The van der Waals surface area contributed by atoms with Crippen LogP contribution in [0.1, 0.15) is 25.0 Å². The summed E-state index contributed by atoms with van der Waals surface area (Å²) in [4.78, 5) is 4.41. The molecule has 2 aromatic rings. The minimum atomic E-state index is -0.392. The van der Waals surface area contributed by atoms with Gasteiger partial charge in [-0.05, 0) is 44.2 Å². The number of aliphatic imine (C=N–C) groups is 1. The third-order valence-electron chi connectivity index (χ3n) is 3.65. The molecule has 0 fully saturated rings. The van der Waals surface area contributed by atoms with Gasteiger partial charge in [-0.15, -0.1) is 24.0 Å². The second-order valence-corrected chi connectivity index (χ2v) is 5.54. The van der Waals surface area contributed by atoms with Crippen molar-refractivity contribution in [2.45, 2.75) is 20.4 Å². The fraction of sp³-hybridized carbons (Fsp3) is 0.300. The number of guanidine groups is 1. The van der Waals surface area contributed by atoms with Crippen LogP contribution >= 0.6 is 24.0 Å². The highest BCUT2D eigenvalue weighted by atomic mass is 127. The molecule has 0 bridgehead atoms. The van der Waals surface area contributed by atoms with Crippen molar-refractivity contribution in [2.24, 2.45) is 4.99 Å². The maximum Gasteiger partial charge on any atom is 0.196 e. The Morgan fingerprint density at radius 3 is 2.61 bits per heavy atom. The average Bonchev–Trinajstić information content (AvgIpc) is 2.68. The van der Waals surface area contributed by atoms with Crippen LogP contribution in [-0.4, -0.2) is 26.2 Å². The molecule has 2 aromatic carbocycles. The standard InChI is InChI=1S/C20H23FN4O2.HI/c1-4-23-20(24-13-15-10-14(12-22)6-8-17(15)21)25-16-7-9-18(26-3)19(11-16)27-5-2;/h6-11H,4-5,13H2,1-3H3,(H2,23,24,25);1H. The zero-order valence-electron chi connectivity index (χ0n) is 16.1. The molecule has 28 heavy (non-hydrogen) atoms. The van der Waals surface area contributed by atoms with Gasteiger partial charge < -0.3 is 20.1 Å². The molecule has 0 saturated carbocycles. The molecule has 0 unspecified atom stereocenters. The normalized spacial score (nSPS) is 10.5. The number of benzene rings is 2. The topological polar surface area (TPSA) is 78.7 Å². The maximum atomic E-state index is 13.9. The fourth-order valence-electron chi connectivity index (χ4n) is 2.40. The van der Waals surface area contributed by atoms with Crippen LogP contribution in [0, 0.1) is 17.1 Å². The summed E-state index contributed by atoms with van der Waals surface area (Å²) in [6.07, 6.45) is 0. The van der Waals surface area contributed by atoms with Gasteiger partial charge in [0.15, 0.2) is 17.5 Å². The number of nitrogens with zero attached hydrogens (tertiary/aromatic N) is 2. The summed E-state index contributed by atoms with van der Waals surface area (Å²) < 4.78 is 24.8. The zero-order valence-corrected chi connectivity index (χ0v) is 18.4. The van der Waals surface area contributed by atoms with E-state index in [1.165, 1.54) is 18.2 Å². The summed E-state index contributed by atoms with van der Waals surface area (Å²) in [6.45, 7) is 5.09. The Morgan fingerprint density at radius 2 is 1.96 bits per heavy atom. The van der Waals surface area contributed by atoms with Crippen LogP contribution in [0.3, 0.4) is 0 Å². The molecular weight excluding hydrogens is 474 g/mol. The van der Waals surface area contributed by atoms with Gasteiger partial charge in [0.25, 0.3) is 0 Å². The Labute approximate surface area is 181 Å². The first-order chi connectivity index (χ1) is 13.1. The van der Waals surface area contributed by atoms with Gasteiger partial charge in [-0.2, -0.15) is 5.26 Å². The molecule has 2 rings (SSSR count). The van der Waals surface area contributed by atoms with Crippen LogP contribution in [-0.2, 0) is 6.54 Å². The monoisotopic (exact) mass is 498 g/mol. The van der Waals surface area contributed by atoms with Gasteiger partial charge in [0.2, 0.25) is 0 Å². The van der Waals surface area contributed by atoms with E-state index < -0.39 is 5.82 Å². The smallest absolute Gasteiger partial charge is 0.196 e. The molecule has 0 aliphatic carbocycles. The fourth-order valence-corrected chi connectivity index (χ4v) is 2.40. The van der Waals surface area contributed by atoms with Crippen LogP contribution < -0.4 is 20.1 Å². The first-order valence-electron chi connectivity index (χ1n) is 8.65. The minimum Gasteiger partial charge on any atom is -0.493 e. The molecule has 0 spiro atoms. The van der Waals surface area contributed by atoms with Crippen molar-refractivity contribution in [3.63, 3.8) is 0 Å². The van der Waals surface area contributed by atoms with Crippen molar-refractivity contribution in [3.8, 4) is 17.6 Å². The number of nitrogens with one attached hydrogen (secondary N) is 2. The number of anilines is 1. The molecule has 8 heteroatoms. The third kappa shape index (κ3) is 6.56.